The van der Waals surface area contributed by atoms with Gasteiger partial charge in [0.2, 0.25) is 5.91 Å². The van der Waals surface area contributed by atoms with Crippen LogP contribution >= 0.6 is 0 Å². The molecule has 0 aliphatic carbocycles. The molecule has 7 nitrogen and oxygen atoms in total. The minimum atomic E-state index is -0.499. The van der Waals surface area contributed by atoms with Crippen LogP contribution in [-0.4, -0.2) is 59.3 Å². The van der Waals surface area contributed by atoms with E-state index in [1.54, 1.807) is 25.3 Å². The number of fused-ring (bicyclic) bond motifs is 1. The molecule has 1 aliphatic rings. The van der Waals surface area contributed by atoms with E-state index in [1.807, 2.05) is 35.9 Å². The number of aryl methyl sites for hydroxylation is 1. The van der Waals surface area contributed by atoms with Gasteiger partial charge in [-0.05, 0) is 50.1 Å². The standard InChI is InChI=1S/C25H31FN4O3/c1-29-21-10-5-4-9-20(21)28-23(29)16-27-24(31)17-30-14-7-12-25(32-2,13-15-30)18-33-22-11-6-3-8-19(22)26/h3-6,8-11H,7,12-18H2,1-2H3,(H,27,31)/t25-/m0/s1. The molecule has 2 aromatic carbocycles. The molecule has 33 heavy (non-hydrogen) atoms. The Morgan fingerprint density at radius 2 is 1.94 bits per heavy atom. The van der Waals surface area contributed by atoms with E-state index < -0.39 is 5.60 Å². The first kappa shape index (κ1) is 23.2. The molecule has 4 rings (SSSR count). The molecule has 8 heteroatoms. The van der Waals surface area contributed by atoms with Gasteiger partial charge in [-0.1, -0.05) is 24.3 Å². The zero-order chi connectivity index (χ0) is 23.3. The Morgan fingerprint density at radius 1 is 1.15 bits per heavy atom. The van der Waals surface area contributed by atoms with Crippen LogP contribution in [0.25, 0.3) is 11.0 Å². The number of imidazole rings is 1. The summed E-state index contributed by atoms with van der Waals surface area (Å²) in [6.45, 7) is 2.48. The van der Waals surface area contributed by atoms with E-state index in [2.05, 4.69) is 15.2 Å². The Balaban J connectivity index is 1.29. The fourth-order valence-electron chi connectivity index (χ4n) is 4.35. The number of ether oxygens (including phenoxy) is 2. The van der Waals surface area contributed by atoms with Gasteiger partial charge >= 0.3 is 0 Å². The average Bonchev–Trinajstić information content (AvgIpc) is 3.01. The number of halogens is 1. The highest BCUT2D eigenvalue weighted by Crippen LogP contribution is 2.28. The third-order valence-electron chi connectivity index (χ3n) is 6.44. The fourth-order valence-corrected chi connectivity index (χ4v) is 4.35. The van der Waals surface area contributed by atoms with Crippen molar-refractivity contribution in [1.82, 2.24) is 19.8 Å². The van der Waals surface area contributed by atoms with E-state index >= 15 is 0 Å². The number of hydrogen-bond donors (Lipinski definition) is 1. The Labute approximate surface area is 193 Å². The molecule has 1 amide bonds. The Hall–Kier alpha value is -2.97. The van der Waals surface area contributed by atoms with Crippen LogP contribution in [0.4, 0.5) is 4.39 Å². The highest BCUT2D eigenvalue weighted by molar-refractivity contribution is 5.78. The van der Waals surface area contributed by atoms with Crippen molar-refractivity contribution in [2.45, 2.75) is 31.4 Å². The summed E-state index contributed by atoms with van der Waals surface area (Å²) in [6.07, 6.45) is 2.36. The summed E-state index contributed by atoms with van der Waals surface area (Å²) in [5.74, 6) is 0.645. The first-order valence-corrected chi connectivity index (χ1v) is 11.3. The molecule has 3 aromatic rings. The van der Waals surface area contributed by atoms with Gasteiger partial charge in [-0.3, -0.25) is 9.69 Å². The first-order chi connectivity index (χ1) is 16.0. The molecule has 1 atom stereocenters. The third kappa shape index (κ3) is 5.51. The number of para-hydroxylation sites is 3. The maximum atomic E-state index is 13.9. The van der Waals surface area contributed by atoms with Crippen LogP contribution < -0.4 is 10.1 Å². The summed E-state index contributed by atoms with van der Waals surface area (Å²) in [4.78, 5) is 19.4. The third-order valence-corrected chi connectivity index (χ3v) is 6.44. The molecule has 176 valence electrons. The zero-order valence-corrected chi connectivity index (χ0v) is 19.2. The number of likely N-dealkylation sites (tertiary alicyclic amines) is 1. The molecular formula is C25H31FN4O3. The maximum absolute atomic E-state index is 13.9. The smallest absolute Gasteiger partial charge is 0.234 e. The number of carbonyl (C=O) groups excluding carboxylic acids is 1. The highest BCUT2D eigenvalue weighted by atomic mass is 19.1. The lowest BCUT2D eigenvalue weighted by Crippen LogP contribution is -2.41. The molecule has 0 spiro atoms. The summed E-state index contributed by atoms with van der Waals surface area (Å²) in [7, 11) is 3.63. The van der Waals surface area contributed by atoms with Gasteiger partial charge in [0, 0.05) is 20.7 Å². The van der Waals surface area contributed by atoms with Gasteiger partial charge in [0.1, 0.15) is 18.0 Å². The second kappa shape index (κ2) is 10.3. The predicted octanol–water partition coefficient (Wildman–Crippen LogP) is 3.28. The molecular weight excluding hydrogens is 423 g/mol. The lowest BCUT2D eigenvalue weighted by molar-refractivity contribution is -0.122. The topological polar surface area (TPSA) is 68.6 Å². The maximum Gasteiger partial charge on any atom is 0.234 e. The number of amides is 1. The van der Waals surface area contributed by atoms with Crippen LogP contribution in [0.5, 0.6) is 5.75 Å². The Morgan fingerprint density at radius 3 is 2.73 bits per heavy atom. The van der Waals surface area contributed by atoms with Gasteiger partial charge in [0.25, 0.3) is 0 Å². The van der Waals surface area contributed by atoms with Crippen LogP contribution in [0.3, 0.4) is 0 Å². The highest BCUT2D eigenvalue weighted by Gasteiger charge is 2.34. The van der Waals surface area contributed by atoms with Crippen molar-refractivity contribution in [1.29, 1.82) is 0 Å². The van der Waals surface area contributed by atoms with Crippen LogP contribution in [0.15, 0.2) is 48.5 Å². The number of aromatic nitrogens is 2. The normalized spacial score (nSPS) is 19.4. The molecule has 0 bridgehead atoms. The van der Waals surface area contributed by atoms with Crippen molar-refractivity contribution in [3.63, 3.8) is 0 Å². The van der Waals surface area contributed by atoms with Gasteiger partial charge in [-0.2, -0.15) is 0 Å². The van der Waals surface area contributed by atoms with Crippen LogP contribution in [0.1, 0.15) is 25.1 Å². The number of rotatable bonds is 8. The zero-order valence-electron chi connectivity index (χ0n) is 19.2. The fraction of sp³-hybridized carbons (Fsp3) is 0.440. The molecule has 0 saturated carbocycles. The molecule has 1 fully saturated rings. The predicted molar refractivity (Wildman–Crippen MR) is 124 cm³/mol. The van der Waals surface area contributed by atoms with E-state index in [1.165, 1.54) is 6.07 Å². The van der Waals surface area contributed by atoms with Crippen molar-refractivity contribution >= 4 is 16.9 Å². The van der Waals surface area contributed by atoms with Gasteiger partial charge in [0.05, 0.1) is 24.1 Å². The minimum absolute atomic E-state index is 0.0328. The van der Waals surface area contributed by atoms with E-state index in [4.69, 9.17) is 9.47 Å². The van der Waals surface area contributed by atoms with Crippen molar-refractivity contribution < 1.29 is 18.7 Å². The van der Waals surface area contributed by atoms with Crippen molar-refractivity contribution in [2.24, 2.45) is 7.05 Å². The van der Waals surface area contributed by atoms with Crippen LogP contribution in [-0.2, 0) is 23.1 Å². The lowest BCUT2D eigenvalue weighted by Gasteiger charge is -2.31. The monoisotopic (exact) mass is 454 g/mol. The molecule has 0 unspecified atom stereocenters. The lowest BCUT2D eigenvalue weighted by atomic mass is 9.95. The van der Waals surface area contributed by atoms with Crippen molar-refractivity contribution in [3.05, 3.63) is 60.2 Å². The number of nitrogens with zero attached hydrogens (tertiary/aromatic N) is 3. The molecule has 0 radical (unpaired) electrons. The van der Waals surface area contributed by atoms with Gasteiger partial charge < -0.3 is 19.4 Å². The van der Waals surface area contributed by atoms with Crippen molar-refractivity contribution in [2.75, 3.05) is 33.4 Å². The SMILES string of the molecule is CO[C@@]1(COc2ccccc2F)CCCN(CC(=O)NCc2nc3ccccc3n2C)CC1. The number of nitrogens with one attached hydrogen (secondary N) is 1. The molecule has 1 aromatic heterocycles. The number of benzene rings is 2. The minimum Gasteiger partial charge on any atom is -0.488 e. The van der Waals surface area contributed by atoms with E-state index in [9.17, 15) is 9.18 Å². The average molecular weight is 455 g/mol. The van der Waals surface area contributed by atoms with Crippen LogP contribution in [0, 0.1) is 5.82 Å². The molecule has 1 aliphatic heterocycles. The van der Waals surface area contributed by atoms with E-state index in [0.29, 0.717) is 26.1 Å². The first-order valence-electron chi connectivity index (χ1n) is 11.3. The van der Waals surface area contributed by atoms with E-state index in [0.717, 1.165) is 36.2 Å². The summed E-state index contributed by atoms with van der Waals surface area (Å²) < 4.78 is 27.5. The number of methoxy groups -OCH3 is 1. The number of carbonyl (C=O) groups is 1. The van der Waals surface area contributed by atoms with E-state index in [-0.39, 0.29) is 24.1 Å². The molecule has 1 saturated heterocycles. The van der Waals surface area contributed by atoms with Gasteiger partial charge in [-0.25, -0.2) is 9.37 Å². The van der Waals surface area contributed by atoms with Gasteiger partial charge in [0.15, 0.2) is 11.6 Å². The summed E-state index contributed by atoms with van der Waals surface area (Å²) >= 11 is 0. The van der Waals surface area contributed by atoms with Gasteiger partial charge in [-0.15, -0.1) is 0 Å². The number of hydrogen-bond acceptors (Lipinski definition) is 5. The summed E-state index contributed by atoms with van der Waals surface area (Å²) in [6, 6.07) is 14.3. The summed E-state index contributed by atoms with van der Waals surface area (Å²) in [5, 5.41) is 2.99. The second-order valence-corrected chi connectivity index (χ2v) is 8.59. The largest absolute Gasteiger partial charge is 0.488 e. The Bertz CT molecular complexity index is 1100. The second-order valence-electron chi connectivity index (χ2n) is 8.59. The summed E-state index contributed by atoms with van der Waals surface area (Å²) in [5.41, 5.74) is 1.47. The molecule has 2 heterocycles. The molecule has 1 N–H and O–H groups in total. The van der Waals surface area contributed by atoms with Crippen molar-refractivity contribution in [3.8, 4) is 5.75 Å². The quantitative estimate of drug-likeness (QED) is 0.566. The van der Waals surface area contributed by atoms with Crippen LogP contribution in [0.2, 0.25) is 0 Å². The Kier molecular flexibility index (Phi) is 7.25.